The van der Waals surface area contributed by atoms with Gasteiger partial charge in [0.15, 0.2) is 0 Å². The smallest absolute Gasteiger partial charge is 0.230 e. The molecule has 0 aliphatic carbocycles. The summed E-state index contributed by atoms with van der Waals surface area (Å²) in [7, 11) is 0. The van der Waals surface area contributed by atoms with Gasteiger partial charge in [-0.2, -0.15) is 0 Å². The first-order chi connectivity index (χ1) is 10.1. The number of hydrogen-bond acceptors (Lipinski definition) is 2. The number of amides is 1. The number of carbonyl (C=O) groups is 1. The first-order valence-electron chi connectivity index (χ1n) is 6.66. The van der Waals surface area contributed by atoms with Gasteiger partial charge < -0.3 is 0 Å². The second-order valence-corrected chi connectivity index (χ2v) is 5.06. The summed E-state index contributed by atoms with van der Waals surface area (Å²) in [6.45, 7) is 1.46. The van der Waals surface area contributed by atoms with E-state index in [1.54, 1.807) is 0 Å². The van der Waals surface area contributed by atoms with Crippen molar-refractivity contribution < 1.29 is 4.79 Å². The van der Waals surface area contributed by atoms with Crippen LogP contribution in [-0.4, -0.2) is 5.91 Å². The molecular weight excluding hydrogens is 284 g/mol. The Morgan fingerprint density at radius 1 is 1.14 bits per heavy atom. The molecule has 2 aromatic rings. The SMILES string of the molecule is CC(=O)NN[C@H](/C=C/c1ccccc1)c1cccc(Cl)c1. The zero-order valence-corrected chi connectivity index (χ0v) is 12.5. The average molecular weight is 301 g/mol. The van der Waals surface area contributed by atoms with Crippen LogP contribution in [0.3, 0.4) is 0 Å². The molecule has 0 fully saturated rings. The summed E-state index contributed by atoms with van der Waals surface area (Å²) in [5.74, 6) is -0.143. The Balaban J connectivity index is 2.19. The highest BCUT2D eigenvalue weighted by molar-refractivity contribution is 6.30. The molecule has 21 heavy (non-hydrogen) atoms. The van der Waals surface area contributed by atoms with Gasteiger partial charge >= 0.3 is 0 Å². The highest BCUT2D eigenvalue weighted by Crippen LogP contribution is 2.19. The van der Waals surface area contributed by atoms with Gasteiger partial charge in [0.25, 0.3) is 0 Å². The van der Waals surface area contributed by atoms with Crippen molar-refractivity contribution >= 4 is 23.6 Å². The number of hydrazine groups is 1. The lowest BCUT2D eigenvalue weighted by Gasteiger charge is -2.16. The van der Waals surface area contributed by atoms with E-state index in [1.807, 2.05) is 66.7 Å². The maximum absolute atomic E-state index is 11.1. The van der Waals surface area contributed by atoms with Gasteiger partial charge in [0.05, 0.1) is 6.04 Å². The van der Waals surface area contributed by atoms with Crippen molar-refractivity contribution in [2.24, 2.45) is 0 Å². The molecule has 0 unspecified atom stereocenters. The van der Waals surface area contributed by atoms with Crippen molar-refractivity contribution in [1.82, 2.24) is 10.9 Å². The second-order valence-electron chi connectivity index (χ2n) is 4.63. The molecule has 0 aliphatic rings. The third-order valence-electron chi connectivity index (χ3n) is 2.89. The monoisotopic (exact) mass is 300 g/mol. The fourth-order valence-corrected chi connectivity index (χ4v) is 2.09. The van der Waals surface area contributed by atoms with E-state index in [0.717, 1.165) is 11.1 Å². The van der Waals surface area contributed by atoms with E-state index in [4.69, 9.17) is 11.6 Å². The second kappa shape index (κ2) is 7.62. The predicted octanol–water partition coefficient (Wildman–Crippen LogP) is 3.74. The van der Waals surface area contributed by atoms with Crippen LogP contribution < -0.4 is 10.9 Å². The number of halogens is 1. The summed E-state index contributed by atoms with van der Waals surface area (Å²) in [4.78, 5) is 11.1. The van der Waals surface area contributed by atoms with E-state index >= 15 is 0 Å². The Labute approximate surface area is 129 Å². The molecule has 1 atom stereocenters. The summed E-state index contributed by atoms with van der Waals surface area (Å²) in [5, 5.41) is 0.662. The lowest BCUT2D eigenvalue weighted by Crippen LogP contribution is -2.37. The lowest BCUT2D eigenvalue weighted by molar-refractivity contribution is -0.120. The van der Waals surface area contributed by atoms with Crippen molar-refractivity contribution in [1.29, 1.82) is 0 Å². The summed E-state index contributed by atoms with van der Waals surface area (Å²) in [6.07, 6.45) is 3.98. The zero-order valence-electron chi connectivity index (χ0n) is 11.7. The van der Waals surface area contributed by atoms with Crippen molar-refractivity contribution in [3.63, 3.8) is 0 Å². The Morgan fingerprint density at radius 3 is 2.57 bits per heavy atom. The normalized spacial score (nSPS) is 12.3. The van der Waals surface area contributed by atoms with Crippen LogP contribution in [0.1, 0.15) is 24.1 Å². The van der Waals surface area contributed by atoms with Gasteiger partial charge in [-0.3, -0.25) is 10.2 Å². The van der Waals surface area contributed by atoms with Gasteiger partial charge in [-0.25, -0.2) is 5.43 Å². The van der Waals surface area contributed by atoms with Crippen LogP contribution in [0.15, 0.2) is 60.7 Å². The Bertz CT molecular complexity index is 626. The molecule has 0 radical (unpaired) electrons. The number of hydrogen-bond donors (Lipinski definition) is 2. The lowest BCUT2D eigenvalue weighted by atomic mass is 10.1. The first-order valence-corrected chi connectivity index (χ1v) is 7.04. The molecule has 0 heterocycles. The molecule has 0 bridgehead atoms. The van der Waals surface area contributed by atoms with E-state index < -0.39 is 0 Å². The molecule has 3 nitrogen and oxygen atoms in total. The quantitative estimate of drug-likeness (QED) is 0.826. The highest BCUT2D eigenvalue weighted by atomic mass is 35.5. The van der Waals surface area contributed by atoms with Crippen molar-refractivity contribution in [3.05, 3.63) is 76.8 Å². The maximum atomic E-state index is 11.1. The highest BCUT2D eigenvalue weighted by Gasteiger charge is 2.08. The molecule has 2 aromatic carbocycles. The van der Waals surface area contributed by atoms with Gasteiger partial charge in [-0.15, -0.1) is 0 Å². The van der Waals surface area contributed by atoms with Crippen LogP contribution in [0.25, 0.3) is 6.08 Å². The molecule has 1 amide bonds. The number of rotatable bonds is 5. The van der Waals surface area contributed by atoms with Gasteiger partial charge in [-0.05, 0) is 23.3 Å². The molecule has 0 spiro atoms. The van der Waals surface area contributed by atoms with Crippen LogP contribution in [-0.2, 0) is 4.79 Å². The molecule has 0 aliphatic heterocycles. The van der Waals surface area contributed by atoms with E-state index in [1.165, 1.54) is 6.92 Å². The van der Waals surface area contributed by atoms with Crippen molar-refractivity contribution in [2.45, 2.75) is 13.0 Å². The largest absolute Gasteiger partial charge is 0.291 e. The summed E-state index contributed by atoms with van der Waals surface area (Å²) >= 11 is 6.03. The maximum Gasteiger partial charge on any atom is 0.230 e. The van der Waals surface area contributed by atoms with Gasteiger partial charge in [-0.1, -0.05) is 66.2 Å². The molecular formula is C17H17ClN2O. The minimum absolute atomic E-state index is 0.143. The third kappa shape index (κ3) is 5.06. The summed E-state index contributed by atoms with van der Waals surface area (Å²) in [6, 6.07) is 17.3. The summed E-state index contributed by atoms with van der Waals surface area (Å²) in [5.41, 5.74) is 7.67. The number of carbonyl (C=O) groups excluding carboxylic acids is 1. The number of benzene rings is 2. The van der Waals surface area contributed by atoms with Crippen molar-refractivity contribution in [2.75, 3.05) is 0 Å². The molecule has 4 heteroatoms. The van der Waals surface area contributed by atoms with Crippen LogP contribution in [0, 0.1) is 0 Å². The van der Waals surface area contributed by atoms with Gasteiger partial charge in [0.1, 0.15) is 0 Å². The van der Waals surface area contributed by atoms with Crippen LogP contribution >= 0.6 is 11.6 Å². The zero-order chi connectivity index (χ0) is 15.1. The minimum Gasteiger partial charge on any atom is -0.291 e. The van der Waals surface area contributed by atoms with Gasteiger partial charge in [0.2, 0.25) is 5.91 Å². The minimum atomic E-state index is -0.159. The Morgan fingerprint density at radius 2 is 1.90 bits per heavy atom. The number of nitrogens with one attached hydrogen (secondary N) is 2. The van der Waals surface area contributed by atoms with Crippen LogP contribution in [0.4, 0.5) is 0 Å². The molecule has 0 saturated carbocycles. The molecule has 108 valence electrons. The Kier molecular flexibility index (Phi) is 5.55. The van der Waals surface area contributed by atoms with E-state index in [0.29, 0.717) is 5.02 Å². The fourth-order valence-electron chi connectivity index (χ4n) is 1.89. The molecule has 2 N–H and O–H groups in total. The van der Waals surface area contributed by atoms with E-state index in [2.05, 4.69) is 10.9 Å². The van der Waals surface area contributed by atoms with Crippen molar-refractivity contribution in [3.8, 4) is 0 Å². The first kappa shape index (κ1) is 15.3. The topological polar surface area (TPSA) is 41.1 Å². The van der Waals surface area contributed by atoms with Crippen LogP contribution in [0.2, 0.25) is 5.02 Å². The molecule has 2 rings (SSSR count). The van der Waals surface area contributed by atoms with E-state index in [9.17, 15) is 4.79 Å². The fraction of sp³-hybridized carbons (Fsp3) is 0.118. The third-order valence-corrected chi connectivity index (χ3v) is 3.13. The Hall–Kier alpha value is -2.10. The summed E-state index contributed by atoms with van der Waals surface area (Å²) < 4.78 is 0. The molecule has 0 aromatic heterocycles. The average Bonchev–Trinajstić information content (AvgIpc) is 2.48. The van der Waals surface area contributed by atoms with Crippen LogP contribution in [0.5, 0.6) is 0 Å². The van der Waals surface area contributed by atoms with Gasteiger partial charge in [0, 0.05) is 11.9 Å². The van der Waals surface area contributed by atoms with E-state index in [-0.39, 0.29) is 11.9 Å². The standard InChI is InChI=1S/C17H17ClN2O/c1-13(21)19-20-17(15-8-5-9-16(18)12-15)11-10-14-6-3-2-4-7-14/h2-12,17,20H,1H3,(H,19,21)/b11-10+/t17-/m1/s1. The molecule has 0 saturated heterocycles. The predicted molar refractivity (Wildman–Crippen MR) is 86.6 cm³/mol.